The number of nitrogens with one attached hydrogen (secondary N) is 1. The molecule has 0 saturated heterocycles. The summed E-state index contributed by atoms with van der Waals surface area (Å²) in [6.07, 6.45) is 0. The van der Waals surface area contributed by atoms with Crippen LogP contribution in [0.5, 0.6) is 0 Å². The van der Waals surface area contributed by atoms with Crippen molar-refractivity contribution in [2.45, 2.75) is 17.4 Å². The van der Waals surface area contributed by atoms with E-state index in [0.29, 0.717) is 0 Å². The first-order valence-corrected chi connectivity index (χ1v) is 8.29. The van der Waals surface area contributed by atoms with E-state index in [0.717, 1.165) is 31.2 Å². The normalized spacial score (nSPS) is 13.5. The van der Waals surface area contributed by atoms with Gasteiger partial charge in [0.15, 0.2) is 15.4 Å². The standard InChI is InChI=1S/C13H11FN6O4S/c1-13(22,7-25(23,24)9-4-2-8(14)3-5-9)11(21)16-12-19-17-10(6-15)18-20-12/h2-5,22H,7H2,1H3,(H,16,19,20,21)/t13-/m0/s1. The minimum atomic E-state index is -4.08. The Bertz CT molecular complexity index is 922. The van der Waals surface area contributed by atoms with Crippen LogP contribution >= 0.6 is 0 Å². The quantitative estimate of drug-likeness (QED) is 0.661. The number of carbonyl (C=O) groups is 1. The van der Waals surface area contributed by atoms with Gasteiger partial charge in [-0.2, -0.15) is 5.26 Å². The number of anilines is 1. The molecule has 2 N–H and O–H groups in total. The van der Waals surface area contributed by atoms with E-state index in [1.165, 1.54) is 0 Å². The second kappa shape index (κ2) is 6.83. The van der Waals surface area contributed by atoms with Crippen LogP contribution in [0.15, 0.2) is 29.2 Å². The second-order valence-corrected chi connectivity index (χ2v) is 7.09. The van der Waals surface area contributed by atoms with Gasteiger partial charge in [-0.1, -0.05) is 0 Å². The maximum Gasteiger partial charge on any atom is 0.272 e. The van der Waals surface area contributed by atoms with Crippen molar-refractivity contribution in [1.29, 1.82) is 5.26 Å². The number of sulfone groups is 1. The van der Waals surface area contributed by atoms with Crippen LogP contribution in [0.25, 0.3) is 0 Å². The van der Waals surface area contributed by atoms with Gasteiger partial charge in [0, 0.05) is 0 Å². The van der Waals surface area contributed by atoms with Gasteiger partial charge in [-0.15, -0.1) is 20.4 Å². The SMILES string of the molecule is C[C@](O)(CS(=O)(=O)c1ccc(F)cc1)C(=O)Nc1nnc(C#N)nn1. The minimum absolute atomic E-state index is 0.250. The van der Waals surface area contributed by atoms with Crippen LogP contribution in [0.3, 0.4) is 0 Å². The van der Waals surface area contributed by atoms with E-state index in [2.05, 4.69) is 20.4 Å². The summed E-state index contributed by atoms with van der Waals surface area (Å²) < 4.78 is 37.4. The number of nitrogens with zero attached hydrogens (tertiary/aromatic N) is 5. The lowest BCUT2D eigenvalue weighted by Gasteiger charge is -2.21. The van der Waals surface area contributed by atoms with Crippen LogP contribution in [-0.2, 0) is 14.6 Å². The molecule has 130 valence electrons. The van der Waals surface area contributed by atoms with Gasteiger partial charge >= 0.3 is 0 Å². The molecule has 0 spiro atoms. The number of carbonyl (C=O) groups excluding carboxylic acids is 1. The molecule has 1 atom stereocenters. The molecule has 0 radical (unpaired) electrons. The molecule has 0 bridgehead atoms. The van der Waals surface area contributed by atoms with Crippen molar-refractivity contribution in [2.75, 3.05) is 11.1 Å². The molecule has 10 nitrogen and oxygen atoms in total. The first-order valence-electron chi connectivity index (χ1n) is 6.64. The Morgan fingerprint density at radius 3 is 2.36 bits per heavy atom. The maximum absolute atomic E-state index is 12.9. The van der Waals surface area contributed by atoms with Gasteiger partial charge in [-0.25, -0.2) is 12.8 Å². The number of aliphatic hydroxyl groups is 1. The van der Waals surface area contributed by atoms with E-state index in [1.54, 1.807) is 6.07 Å². The van der Waals surface area contributed by atoms with Gasteiger partial charge in [-0.3, -0.25) is 10.1 Å². The summed E-state index contributed by atoms with van der Waals surface area (Å²) in [7, 11) is -4.08. The molecule has 0 fully saturated rings. The van der Waals surface area contributed by atoms with Gasteiger partial charge in [0.1, 0.15) is 11.9 Å². The fraction of sp³-hybridized carbons (Fsp3) is 0.231. The highest BCUT2D eigenvalue weighted by Crippen LogP contribution is 2.18. The van der Waals surface area contributed by atoms with E-state index in [9.17, 15) is 22.7 Å². The molecule has 0 aliphatic heterocycles. The molecule has 12 heteroatoms. The van der Waals surface area contributed by atoms with Crippen LogP contribution in [0.1, 0.15) is 12.7 Å². The minimum Gasteiger partial charge on any atom is -0.379 e. The summed E-state index contributed by atoms with van der Waals surface area (Å²) in [5.41, 5.74) is -2.34. The molecule has 25 heavy (non-hydrogen) atoms. The second-order valence-electron chi connectivity index (χ2n) is 5.10. The summed E-state index contributed by atoms with van der Waals surface area (Å²) in [6, 6.07) is 5.52. The zero-order chi connectivity index (χ0) is 18.7. The van der Waals surface area contributed by atoms with Crippen molar-refractivity contribution in [3.05, 3.63) is 35.9 Å². The largest absolute Gasteiger partial charge is 0.379 e. The number of benzene rings is 1. The lowest BCUT2D eigenvalue weighted by atomic mass is 10.1. The van der Waals surface area contributed by atoms with Gasteiger partial charge in [-0.05, 0) is 31.2 Å². The highest BCUT2D eigenvalue weighted by molar-refractivity contribution is 7.91. The molecule has 0 aliphatic rings. The zero-order valence-electron chi connectivity index (χ0n) is 12.7. The van der Waals surface area contributed by atoms with Crippen LogP contribution in [-0.4, -0.2) is 51.2 Å². The van der Waals surface area contributed by atoms with Crippen molar-refractivity contribution in [2.24, 2.45) is 0 Å². The molecule has 0 unspecified atom stereocenters. The average molecular weight is 366 g/mol. The third-order valence-corrected chi connectivity index (χ3v) is 4.87. The molecule has 1 aromatic heterocycles. The zero-order valence-corrected chi connectivity index (χ0v) is 13.5. The highest BCUT2D eigenvalue weighted by Gasteiger charge is 2.37. The first kappa shape index (κ1) is 18.3. The molecule has 1 amide bonds. The van der Waals surface area contributed by atoms with E-state index in [4.69, 9.17) is 5.26 Å². The first-order chi connectivity index (χ1) is 11.6. The van der Waals surface area contributed by atoms with E-state index < -0.39 is 38.9 Å². The molecule has 2 rings (SSSR count). The van der Waals surface area contributed by atoms with Crippen molar-refractivity contribution in [3.63, 3.8) is 0 Å². The van der Waals surface area contributed by atoms with Crippen LogP contribution in [0.4, 0.5) is 10.3 Å². The van der Waals surface area contributed by atoms with Crippen molar-refractivity contribution in [3.8, 4) is 6.07 Å². The Balaban J connectivity index is 2.14. The predicted molar refractivity (Wildman–Crippen MR) is 80.0 cm³/mol. The molecular weight excluding hydrogens is 355 g/mol. The fourth-order valence-corrected chi connectivity index (χ4v) is 3.31. The van der Waals surface area contributed by atoms with E-state index in [-0.39, 0.29) is 10.7 Å². The number of amides is 1. The van der Waals surface area contributed by atoms with Gasteiger partial charge in [0.2, 0.25) is 0 Å². The third-order valence-electron chi connectivity index (χ3n) is 2.94. The van der Waals surface area contributed by atoms with Crippen LogP contribution in [0.2, 0.25) is 0 Å². The molecular formula is C13H11FN6O4S. The Morgan fingerprint density at radius 2 is 1.84 bits per heavy atom. The fourth-order valence-electron chi connectivity index (χ4n) is 1.72. The monoisotopic (exact) mass is 366 g/mol. The van der Waals surface area contributed by atoms with Crippen molar-refractivity contribution >= 4 is 21.7 Å². The third kappa shape index (κ3) is 4.49. The average Bonchev–Trinajstić information content (AvgIpc) is 2.55. The van der Waals surface area contributed by atoms with Gasteiger partial charge in [0.05, 0.1) is 10.6 Å². The summed E-state index contributed by atoms with van der Waals surface area (Å²) in [6.45, 7) is 0.980. The Kier molecular flexibility index (Phi) is 5.00. The summed E-state index contributed by atoms with van der Waals surface area (Å²) >= 11 is 0. The predicted octanol–water partition coefficient (Wildman–Crippen LogP) is -0.559. The van der Waals surface area contributed by atoms with Crippen molar-refractivity contribution in [1.82, 2.24) is 20.4 Å². The Labute approximate surface area is 141 Å². The lowest BCUT2D eigenvalue weighted by Crippen LogP contribution is -2.46. The topological polar surface area (TPSA) is 159 Å². The lowest BCUT2D eigenvalue weighted by molar-refractivity contribution is -0.130. The maximum atomic E-state index is 12.9. The summed E-state index contributed by atoms with van der Waals surface area (Å²) in [5.74, 6) is -3.45. The van der Waals surface area contributed by atoms with Crippen molar-refractivity contribution < 1.29 is 22.7 Å². The number of hydrogen-bond donors (Lipinski definition) is 2. The van der Waals surface area contributed by atoms with E-state index >= 15 is 0 Å². The Hall–Kier alpha value is -3.04. The van der Waals surface area contributed by atoms with Gasteiger partial charge in [0.25, 0.3) is 17.7 Å². The summed E-state index contributed by atoms with van der Waals surface area (Å²) in [5, 5.41) is 34.2. The number of halogens is 1. The van der Waals surface area contributed by atoms with E-state index in [1.807, 2.05) is 5.32 Å². The highest BCUT2D eigenvalue weighted by atomic mass is 32.2. The summed E-state index contributed by atoms with van der Waals surface area (Å²) in [4.78, 5) is 11.8. The smallest absolute Gasteiger partial charge is 0.272 e. The van der Waals surface area contributed by atoms with Gasteiger partial charge < -0.3 is 5.11 Å². The Morgan fingerprint density at radius 1 is 1.28 bits per heavy atom. The molecule has 2 aromatic rings. The number of rotatable bonds is 5. The molecule has 1 heterocycles. The molecule has 0 saturated carbocycles. The number of aromatic nitrogens is 4. The molecule has 1 aromatic carbocycles. The number of nitriles is 1. The van der Waals surface area contributed by atoms with Crippen LogP contribution in [0, 0.1) is 17.1 Å². The van der Waals surface area contributed by atoms with Crippen LogP contribution < -0.4 is 5.32 Å². The number of hydrogen-bond acceptors (Lipinski definition) is 9. The molecule has 0 aliphatic carbocycles.